The monoisotopic (exact) mass is 698 g/mol. The smallest absolute Gasteiger partial charge is 0.264 e. The van der Waals surface area contributed by atoms with Crippen molar-refractivity contribution in [2.24, 2.45) is 11.8 Å². The molecule has 2 aliphatic carbocycles. The first kappa shape index (κ1) is 33.8. The zero-order valence-electron chi connectivity index (χ0n) is 27.9. The van der Waals surface area contributed by atoms with Crippen LogP contribution in [0.15, 0.2) is 48.6 Å². The zero-order chi connectivity index (χ0) is 33.5. The van der Waals surface area contributed by atoms with Crippen LogP contribution < -0.4 is 14.4 Å². The minimum Gasteiger partial charge on any atom is -0.490 e. The van der Waals surface area contributed by atoms with Crippen molar-refractivity contribution in [1.82, 2.24) is 4.72 Å². The molecule has 2 aromatic rings. The summed E-state index contributed by atoms with van der Waals surface area (Å²) in [5, 5.41) is -0.241. The number of halogens is 1. The number of ether oxygens (including phenoxy) is 4. The summed E-state index contributed by atoms with van der Waals surface area (Å²) in [6, 6.07) is 11.5. The molecule has 0 radical (unpaired) electrons. The third-order valence-corrected chi connectivity index (χ3v) is 13.5. The summed E-state index contributed by atoms with van der Waals surface area (Å²) in [5.41, 5.74) is 3.37. The van der Waals surface area contributed by atoms with Gasteiger partial charge in [-0.2, -0.15) is 0 Å². The lowest BCUT2D eigenvalue weighted by molar-refractivity contribution is 0.0128. The molecule has 0 unspecified atom stereocenters. The van der Waals surface area contributed by atoms with E-state index in [1.165, 1.54) is 18.2 Å². The van der Waals surface area contributed by atoms with Gasteiger partial charge >= 0.3 is 0 Å². The van der Waals surface area contributed by atoms with Gasteiger partial charge in [-0.25, -0.2) is 13.1 Å². The normalized spacial score (nSPS) is 33.8. The molecule has 1 saturated heterocycles. The average Bonchev–Trinajstić information content (AvgIpc) is 3.53. The first-order valence-corrected chi connectivity index (χ1v) is 19.3. The summed E-state index contributed by atoms with van der Waals surface area (Å²) in [5.74, 6) is 0.708. The fourth-order valence-electron chi connectivity index (χ4n) is 8.77. The predicted octanol–water partition coefficient (Wildman–Crippen LogP) is 5.83. The lowest BCUT2D eigenvalue weighted by Crippen LogP contribution is -2.49. The number of hydrogen-bond donors (Lipinski definition) is 1. The highest BCUT2D eigenvalue weighted by Crippen LogP contribution is 2.47. The Bertz CT molecular complexity index is 1640. The van der Waals surface area contributed by atoms with Crippen molar-refractivity contribution in [2.75, 3.05) is 45.4 Å². The van der Waals surface area contributed by atoms with Crippen molar-refractivity contribution in [3.05, 3.63) is 70.3 Å². The van der Waals surface area contributed by atoms with Crippen LogP contribution >= 0.6 is 11.6 Å². The maximum atomic E-state index is 14.0. The fraction of sp³-hybridized carbons (Fsp3) is 0.595. The largest absolute Gasteiger partial charge is 0.490 e. The van der Waals surface area contributed by atoms with Crippen LogP contribution in [0.4, 0.5) is 5.69 Å². The molecule has 3 heterocycles. The van der Waals surface area contributed by atoms with Crippen LogP contribution in [0.1, 0.15) is 72.9 Å². The molecule has 5 aliphatic rings. The van der Waals surface area contributed by atoms with E-state index in [0.29, 0.717) is 43.8 Å². The van der Waals surface area contributed by atoms with Crippen LogP contribution in [0.3, 0.4) is 0 Å². The lowest BCUT2D eigenvalue weighted by Gasteiger charge is -2.46. The standard InChI is InChI=1S/C37H47ClN2O7S/c1-44-32-8-3-9-34(45-2)35(20-28-7-5-17-46-28)48(42,43)39-36(41)25-11-15-33-31(19-25)40(21-26-10-13-29(26)32)22-37(23-47-33)16-4-6-24-18-27(38)12-14-30(24)37/h3,8,11-12,14-15,18-19,26,28-29,32,34-35H,4-7,9-10,13,16-17,20-23H2,1-2H3,(H,39,41)/b8-3+/t26-,28+,29+,32-,34-,35-,37-/m0/s1. The first-order chi connectivity index (χ1) is 23.2. The van der Waals surface area contributed by atoms with Gasteiger partial charge in [-0.15, -0.1) is 0 Å². The molecule has 2 aromatic carbocycles. The van der Waals surface area contributed by atoms with Gasteiger partial charge < -0.3 is 23.8 Å². The Hall–Kier alpha value is -2.63. The molecule has 7 rings (SSSR count). The quantitative estimate of drug-likeness (QED) is 0.399. The van der Waals surface area contributed by atoms with E-state index < -0.39 is 27.3 Å². The minimum atomic E-state index is -4.15. The van der Waals surface area contributed by atoms with Gasteiger partial charge in [0.05, 0.1) is 30.6 Å². The minimum absolute atomic E-state index is 0.109. The molecule has 1 spiro atoms. The number of methoxy groups -OCH3 is 2. The Morgan fingerprint density at radius 1 is 1.08 bits per heavy atom. The number of carbonyl (C=O) groups excluding carboxylic acids is 1. The van der Waals surface area contributed by atoms with Crippen LogP contribution in [-0.2, 0) is 36.1 Å². The van der Waals surface area contributed by atoms with Crippen molar-refractivity contribution >= 4 is 33.2 Å². The number of hydrogen-bond acceptors (Lipinski definition) is 8. The molecule has 2 fully saturated rings. The van der Waals surface area contributed by atoms with Gasteiger partial charge in [-0.1, -0.05) is 29.8 Å². The second-order valence-electron chi connectivity index (χ2n) is 14.3. The van der Waals surface area contributed by atoms with E-state index >= 15 is 0 Å². The van der Waals surface area contributed by atoms with E-state index in [0.717, 1.165) is 62.2 Å². The number of nitrogens with one attached hydrogen (secondary N) is 1. The van der Waals surface area contributed by atoms with Crippen molar-refractivity contribution < 1.29 is 32.2 Å². The summed E-state index contributed by atoms with van der Waals surface area (Å²) < 4.78 is 54.8. The molecule has 1 saturated carbocycles. The number of anilines is 1. The third-order valence-electron chi connectivity index (χ3n) is 11.5. The van der Waals surface area contributed by atoms with E-state index in [2.05, 4.69) is 27.8 Å². The Kier molecular flexibility index (Phi) is 9.83. The van der Waals surface area contributed by atoms with Crippen LogP contribution in [-0.4, -0.2) is 78.4 Å². The number of carbonyl (C=O) groups is 1. The fourth-order valence-corrected chi connectivity index (χ4v) is 10.6. The van der Waals surface area contributed by atoms with Gasteiger partial charge in [-0.3, -0.25) is 4.79 Å². The number of benzene rings is 2. The molecule has 11 heteroatoms. The van der Waals surface area contributed by atoms with Crippen LogP contribution in [0.2, 0.25) is 5.02 Å². The second kappa shape index (κ2) is 13.9. The molecular weight excluding hydrogens is 652 g/mol. The highest BCUT2D eigenvalue weighted by Gasteiger charge is 2.45. The second-order valence-corrected chi connectivity index (χ2v) is 16.6. The molecule has 48 heavy (non-hydrogen) atoms. The molecule has 260 valence electrons. The van der Waals surface area contributed by atoms with Gasteiger partial charge in [-0.05, 0) is 111 Å². The summed E-state index contributed by atoms with van der Waals surface area (Å²) >= 11 is 6.44. The maximum Gasteiger partial charge on any atom is 0.264 e. The number of nitrogens with zero attached hydrogens (tertiary/aromatic N) is 1. The highest BCUT2D eigenvalue weighted by atomic mass is 35.5. The molecule has 3 aliphatic heterocycles. The molecule has 1 amide bonds. The predicted molar refractivity (Wildman–Crippen MR) is 186 cm³/mol. The summed E-state index contributed by atoms with van der Waals surface area (Å²) in [6.07, 6.45) is 10.5. The van der Waals surface area contributed by atoms with Crippen LogP contribution in [0.5, 0.6) is 5.75 Å². The van der Waals surface area contributed by atoms with Gasteiger partial charge in [0.1, 0.15) is 11.0 Å². The van der Waals surface area contributed by atoms with E-state index in [1.54, 1.807) is 19.2 Å². The summed E-state index contributed by atoms with van der Waals surface area (Å²) in [4.78, 5) is 16.2. The van der Waals surface area contributed by atoms with Crippen molar-refractivity contribution in [2.45, 2.75) is 86.8 Å². The lowest BCUT2D eigenvalue weighted by atomic mass is 9.68. The number of aryl methyl sites for hydroxylation is 1. The molecule has 0 aromatic heterocycles. The van der Waals surface area contributed by atoms with E-state index in [9.17, 15) is 13.2 Å². The van der Waals surface area contributed by atoms with Gasteiger partial charge in [0.2, 0.25) is 10.0 Å². The average molecular weight is 699 g/mol. The van der Waals surface area contributed by atoms with Crippen molar-refractivity contribution in [3.63, 3.8) is 0 Å². The van der Waals surface area contributed by atoms with Crippen molar-refractivity contribution in [1.29, 1.82) is 0 Å². The van der Waals surface area contributed by atoms with Crippen LogP contribution in [0, 0.1) is 11.8 Å². The molecule has 1 N–H and O–H groups in total. The number of sulfonamides is 1. The molecule has 7 atom stereocenters. The Morgan fingerprint density at radius 3 is 2.71 bits per heavy atom. The highest BCUT2D eigenvalue weighted by molar-refractivity contribution is 7.90. The van der Waals surface area contributed by atoms with Gasteiger partial charge in [0.25, 0.3) is 5.91 Å². The number of amides is 1. The molecule has 9 nitrogen and oxygen atoms in total. The Morgan fingerprint density at radius 2 is 1.96 bits per heavy atom. The SMILES string of the molecule is CO[C@H]1/C=C/C[C@H](OC)[C@H](C[C@H]2CCCO2)S(=O)(=O)NC(=O)c2ccc3c(c2)N(C[C@@H]2CC[C@H]21)C[C@@]1(CCCc2cc(Cl)ccc21)CO3. The summed E-state index contributed by atoms with van der Waals surface area (Å²) in [7, 11) is -0.877. The van der Waals surface area contributed by atoms with Crippen molar-refractivity contribution in [3.8, 4) is 5.75 Å². The molecule has 2 bridgehead atoms. The number of fused-ring (bicyclic) bond motifs is 4. The molecular formula is C37H47ClN2O7S. The van der Waals surface area contributed by atoms with Crippen LogP contribution in [0.25, 0.3) is 0 Å². The Labute approximate surface area is 289 Å². The van der Waals surface area contributed by atoms with E-state index in [4.69, 9.17) is 30.5 Å². The summed E-state index contributed by atoms with van der Waals surface area (Å²) in [6.45, 7) is 2.60. The maximum absolute atomic E-state index is 14.0. The third kappa shape index (κ3) is 6.63. The zero-order valence-corrected chi connectivity index (χ0v) is 29.4. The first-order valence-electron chi connectivity index (χ1n) is 17.4. The van der Waals surface area contributed by atoms with Gasteiger partial charge in [0, 0.05) is 49.9 Å². The number of rotatable bonds is 4. The Balaban J connectivity index is 1.28. The van der Waals surface area contributed by atoms with E-state index in [1.807, 2.05) is 18.2 Å². The van der Waals surface area contributed by atoms with Gasteiger partial charge in [0.15, 0.2) is 0 Å². The van der Waals surface area contributed by atoms with E-state index in [-0.39, 0.29) is 29.6 Å². The topological polar surface area (TPSA) is 103 Å².